The van der Waals surface area contributed by atoms with Crippen LogP contribution in [0.2, 0.25) is 0 Å². The molecule has 8 heteroatoms. The highest BCUT2D eigenvalue weighted by Gasteiger charge is 2.40. The molecule has 2 aromatic carbocycles. The van der Waals surface area contributed by atoms with Crippen molar-refractivity contribution in [2.45, 2.75) is 52.4 Å². The number of carbonyl (C=O) groups is 3. The first-order valence-electron chi connectivity index (χ1n) is 13.7. The molecule has 0 radical (unpaired) electrons. The maximum absolute atomic E-state index is 13.4. The van der Waals surface area contributed by atoms with E-state index >= 15 is 0 Å². The van der Waals surface area contributed by atoms with Crippen LogP contribution < -0.4 is 20.7 Å². The van der Waals surface area contributed by atoms with Crippen LogP contribution in [0.5, 0.6) is 5.75 Å². The zero-order chi connectivity index (χ0) is 27.0. The van der Waals surface area contributed by atoms with Crippen LogP contribution in [0.1, 0.15) is 48.8 Å². The number of para-hydroxylation sites is 2. The minimum absolute atomic E-state index is 0.0264. The molecule has 0 unspecified atom stereocenters. The molecule has 2 aromatic rings. The molecule has 3 amide bonds. The lowest BCUT2D eigenvalue weighted by Gasteiger charge is -2.40. The number of nitrogens with zero attached hydrogens (tertiary/aromatic N) is 1. The third-order valence-electron chi connectivity index (χ3n) is 7.82. The molecule has 1 spiro atoms. The zero-order valence-electron chi connectivity index (χ0n) is 22.6. The van der Waals surface area contributed by atoms with Gasteiger partial charge in [0.25, 0.3) is 5.91 Å². The van der Waals surface area contributed by atoms with Crippen LogP contribution in [0.25, 0.3) is 0 Å². The fraction of sp³-hybridized carbons (Fsp3) is 0.500. The van der Waals surface area contributed by atoms with Crippen LogP contribution >= 0.6 is 0 Å². The number of benzene rings is 2. The van der Waals surface area contributed by atoms with Gasteiger partial charge in [-0.15, -0.1) is 0 Å². The average molecular weight is 521 g/mol. The lowest BCUT2D eigenvalue weighted by atomic mass is 9.73. The van der Waals surface area contributed by atoms with E-state index < -0.39 is 5.41 Å². The summed E-state index contributed by atoms with van der Waals surface area (Å²) in [6, 6.07) is 13.8. The number of ether oxygens (including phenoxy) is 1. The van der Waals surface area contributed by atoms with Crippen molar-refractivity contribution in [3.05, 3.63) is 59.2 Å². The van der Waals surface area contributed by atoms with Crippen LogP contribution in [-0.2, 0) is 20.8 Å². The third kappa shape index (κ3) is 7.13. The number of hydrogen-bond acceptors (Lipinski definition) is 5. The highest BCUT2D eigenvalue weighted by Crippen LogP contribution is 2.37. The van der Waals surface area contributed by atoms with Gasteiger partial charge in [0.2, 0.25) is 11.8 Å². The normalized spacial score (nSPS) is 19.2. The monoisotopic (exact) mass is 520 g/mol. The molecule has 38 heavy (non-hydrogen) atoms. The Morgan fingerprint density at radius 3 is 2.42 bits per heavy atom. The van der Waals surface area contributed by atoms with Crippen LogP contribution in [0.3, 0.4) is 0 Å². The molecule has 0 aliphatic carbocycles. The van der Waals surface area contributed by atoms with Crippen molar-refractivity contribution in [2.75, 3.05) is 44.6 Å². The van der Waals surface area contributed by atoms with Crippen molar-refractivity contribution in [2.24, 2.45) is 5.41 Å². The van der Waals surface area contributed by atoms with E-state index in [0.717, 1.165) is 53.8 Å². The second-order valence-corrected chi connectivity index (χ2v) is 10.6. The molecular formula is C30H40N4O4. The van der Waals surface area contributed by atoms with Gasteiger partial charge in [-0.1, -0.05) is 42.8 Å². The lowest BCUT2D eigenvalue weighted by molar-refractivity contribution is -0.135. The van der Waals surface area contributed by atoms with Crippen LogP contribution in [0.4, 0.5) is 5.69 Å². The van der Waals surface area contributed by atoms with Gasteiger partial charge < -0.3 is 20.7 Å². The molecule has 0 bridgehead atoms. The summed E-state index contributed by atoms with van der Waals surface area (Å²) >= 11 is 0. The van der Waals surface area contributed by atoms with Gasteiger partial charge in [-0.3, -0.25) is 19.3 Å². The summed E-state index contributed by atoms with van der Waals surface area (Å²) in [6.45, 7) is 6.40. The smallest absolute Gasteiger partial charge is 0.258 e. The molecular weight excluding hydrogens is 480 g/mol. The first kappa shape index (κ1) is 27.6. The summed E-state index contributed by atoms with van der Waals surface area (Å²) < 4.78 is 5.76. The predicted molar refractivity (Wildman–Crippen MR) is 148 cm³/mol. The molecule has 0 atom stereocenters. The number of piperidine rings is 1. The molecule has 1 fully saturated rings. The fourth-order valence-electron chi connectivity index (χ4n) is 5.51. The molecule has 2 heterocycles. The minimum atomic E-state index is -0.459. The van der Waals surface area contributed by atoms with Crippen molar-refractivity contribution in [3.8, 4) is 5.75 Å². The van der Waals surface area contributed by atoms with Gasteiger partial charge in [0.15, 0.2) is 6.61 Å². The van der Waals surface area contributed by atoms with Gasteiger partial charge >= 0.3 is 0 Å². The van der Waals surface area contributed by atoms with Gasteiger partial charge in [0.05, 0.1) is 12.0 Å². The van der Waals surface area contributed by atoms with E-state index in [0.29, 0.717) is 45.6 Å². The summed E-state index contributed by atoms with van der Waals surface area (Å²) in [5.41, 5.74) is 3.60. The lowest BCUT2D eigenvalue weighted by Crippen LogP contribution is -2.51. The van der Waals surface area contributed by atoms with Crippen molar-refractivity contribution >= 4 is 23.4 Å². The topological polar surface area (TPSA) is 99.8 Å². The van der Waals surface area contributed by atoms with Crippen LogP contribution in [0, 0.1) is 19.3 Å². The molecule has 204 valence electrons. The summed E-state index contributed by atoms with van der Waals surface area (Å²) in [6.07, 6.45) is 4.91. The van der Waals surface area contributed by atoms with E-state index in [1.54, 1.807) is 0 Å². The number of carbonyl (C=O) groups excluding carboxylic acids is 3. The Labute approximate surface area is 225 Å². The number of anilines is 1. The summed E-state index contributed by atoms with van der Waals surface area (Å²) in [5.74, 6) is 0.569. The second kappa shape index (κ2) is 12.9. The molecule has 8 nitrogen and oxygen atoms in total. The van der Waals surface area contributed by atoms with E-state index in [4.69, 9.17) is 4.74 Å². The maximum atomic E-state index is 13.4. The highest BCUT2D eigenvalue weighted by molar-refractivity contribution is 5.93. The van der Waals surface area contributed by atoms with E-state index in [-0.39, 0.29) is 24.3 Å². The Bertz CT molecular complexity index is 1120. The summed E-state index contributed by atoms with van der Waals surface area (Å²) in [4.78, 5) is 40.6. The highest BCUT2D eigenvalue weighted by atomic mass is 16.5. The van der Waals surface area contributed by atoms with Gasteiger partial charge in [-0.2, -0.15) is 0 Å². The zero-order valence-corrected chi connectivity index (χ0v) is 22.6. The van der Waals surface area contributed by atoms with Gasteiger partial charge in [-0.25, -0.2) is 0 Å². The largest absolute Gasteiger partial charge is 0.483 e. The maximum Gasteiger partial charge on any atom is 0.258 e. The Balaban J connectivity index is 1.37. The van der Waals surface area contributed by atoms with Crippen LogP contribution in [-0.4, -0.2) is 62.0 Å². The van der Waals surface area contributed by atoms with E-state index in [2.05, 4.69) is 20.9 Å². The van der Waals surface area contributed by atoms with Crippen molar-refractivity contribution in [1.82, 2.24) is 15.5 Å². The standard InChI is InChI=1S/C30H40N4O4/c1-22-8-7-9-23(2)28(22)33-26(35)20-34-18-14-30(15-19-34)13-6-5-11-24-10-3-4-12-25(24)38-21-27(36)31-16-17-32-29(30)37/h3-4,7-10,12H,5-6,11,13-21H2,1-2H3,(H,31,36)(H,32,37)(H,33,35). The second-order valence-electron chi connectivity index (χ2n) is 10.6. The molecule has 2 aliphatic heterocycles. The fourth-order valence-corrected chi connectivity index (χ4v) is 5.51. The molecule has 2 aliphatic rings. The summed E-state index contributed by atoms with van der Waals surface area (Å²) in [5, 5.41) is 8.95. The molecule has 3 N–H and O–H groups in total. The number of rotatable bonds is 3. The number of amides is 3. The van der Waals surface area contributed by atoms with Crippen molar-refractivity contribution in [1.29, 1.82) is 0 Å². The number of nitrogens with one attached hydrogen (secondary N) is 3. The van der Waals surface area contributed by atoms with Gasteiger partial charge in [0, 0.05) is 18.8 Å². The SMILES string of the molecule is Cc1cccc(C)c1NC(=O)CN1CCC2(CCCCc3ccccc3OCC(=O)NCCNC2=O)CC1. The van der Waals surface area contributed by atoms with Gasteiger partial charge in [-0.05, 0) is 81.8 Å². The van der Waals surface area contributed by atoms with Crippen LogP contribution in [0.15, 0.2) is 42.5 Å². The predicted octanol–water partition coefficient (Wildman–Crippen LogP) is 3.36. The Morgan fingerprint density at radius 2 is 1.66 bits per heavy atom. The number of likely N-dealkylation sites (tertiary alicyclic amines) is 1. The van der Waals surface area contributed by atoms with E-state index in [9.17, 15) is 14.4 Å². The number of aryl methyl sites for hydroxylation is 3. The molecule has 4 rings (SSSR count). The third-order valence-corrected chi connectivity index (χ3v) is 7.82. The minimum Gasteiger partial charge on any atom is -0.483 e. The average Bonchev–Trinajstić information content (AvgIpc) is 2.91. The number of fused-ring (bicyclic) bond motifs is 1. The molecule has 0 aromatic heterocycles. The first-order chi connectivity index (χ1) is 18.4. The van der Waals surface area contributed by atoms with Gasteiger partial charge in [0.1, 0.15) is 5.75 Å². The van der Waals surface area contributed by atoms with E-state index in [1.807, 2.05) is 56.3 Å². The summed E-state index contributed by atoms with van der Waals surface area (Å²) in [7, 11) is 0. The molecule has 0 saturated carbocycles. The van der Waals surface area contributed by atoms with Crippen molar-refractivity contribution in [3.63, 3.8) is 0 Å². The number of hydrogen-bond donors (Lipinski definition) is 3. The quantitative estimate of drug-likeness (QED) is 0.576. The molecule has 1 saturated heterocycles. The Morgan fingerprint density at radius 1 is 0.947 bits per heavy atom. The van der Waals surface area contributed by atoms with E-state index in [1.165, 1.54) is 0 Å². The first-order valence-corrected chi connectivity index (χ1v) is 13.7. The Hall–Kier alpha value is -3.39. The Kier molecular flexibility index (Phi) is 9.39. The van der Waals surface area contributed by atoms with Crippen molar-refractivity contribution < 1.29 is 19.1 Å².